The van der Waals surface area contributed by atoms with Crippen molar-refractivity contribution in [2.45, 2.75) is 6.54 Å². The Labute approximate surface area is 104 Å². The molecule has 5 nitrogen and oxygen atoms in total. The Hall–Kier alpha value is -2.43. The standard InChI is InChI=1S/C13H13NO4/c1-14(7-9-4-5-18-8-9)13(17)11-6-10(15)2-3-12(11)16/h2-6,8,15-16H,7H2,1H3. The molecule has 18 heavy (non-hydrogen) atoms. The fraction of sp³-hybridized carbons (Fsp3) is 0.154. The summed E-state index contributed by atoms with van der Waals surface area (Å²) in [7, 11) is 1.61. The van der Waals surface area contributed by atoms with Gasteiger partial charge in [0.2, 0.25) is 0 Å². The summed E-state index contributed by atoms with van der Waals surface area (Å²) in [6.45, 7) is 0.366. The molecule has 1 aromatic carbocycles. The highest BCUT2D eigenvalue weighted by atomic mass is 16.3. The molecule has 0 saturated heterocycles. The van der Waals surface area contributed by atoms with Gasteiger partial charge in [0.25, 0.3) is 5.91 Å². The lowest BCUT2D eigenvalue weighted by Gasteiger charge is -2.17. The molecule has 0 aliphatic rings. The van der Waals surface area contributed by atoms with Crippen LogP contribution < -0.4 is 0 Å². The summed E-state index contributed by atoms with van der Waals surface area (Å²) in [5, 5.41) is 18.9. The molecule has 0 radical (unpaired) electrons. The lowest BCUT2D eigenvalue weighted by atomic mass is 10.1. The molecule has 0 aliphatic heterocycles. The molecule has 0 atom stereocenters. The third-order valence-electron chi connectivity index (χ3n) is 2.56. The van der Waals surface area contributed by atoms with Gasteiger partial charge in [-0.3, -0.25) is 4.79 Å². The van der Waals surface area contributed by atoms with E-state index in [0.29, 0.717) is 6.54 Å². The van der Waals surface area contributed by atoms with Crippen molar-refractivity contribution in [3.8, 4) is 11.5 Å². The number of carbonyl (C=O) groups is 1. The first-order chi connectivity index (χ1) is 8.58. The van der Waals surface area contributed by atoms with Crippen molar-refractivity contribution < 1.29 is 19.4 Å². The number of hydrogen-bond acceptors (Lipinski definition) is 4. The monoisotopic (exact) mass is 247 g/mol. The Balaban J connectivity index is 2.17. The number of carbonyl (C=O) groups excluding carboxylic acids is 1. The van der Waals surface area contributed by atoms with Gasteiger partial charge in [-0.1, -0.05) is 0 Å². The van der Waals surface area contributed by atoms with E-state index in [1.807, 2.05) is 0 Å². The maximum Gasteiger partial charge on any atom is 0.257 e. The predicted molar refractivity (Wildman–Crippen MR) is 64.3 cm³/mol. The Morgan fingerprint density at radius 1 is 1.33 bits per heavy atom. The molecule has 0 fully saturated rings. The largest absolute Gasteiger partial charge is 0.508 e. The Morgan fingerprint density at radius 2 is 2.11 bits per heavy atom. The highest BCUT2D eigenvalue weighted by Crippen LogP contribution is 2.23. The topological polar surface area (TPSA) is 73.9 Å². The summed E-state index contributed by atoms with van der Waals surface area (Å²) in [6, 6.07) is 5.60. The highest BCUT2D eigenvalue weighted by Gasteiger charge is 2.16. The number of hydrogen-bond donors (Lipinski definition) is 2. The van der Waals surface area contributed by atoms with Crippen molar-refractivity contribution in [1.82, 2.24) is 4.90 Å². The molecule has 5 heteroatoms. The van der Waals surface area contributed by atoms with E-state index in [9.17, 15) is 15.0 Å². The van der Waals surface area contributed by atoms with Crippen LogP contribution in [-0.2, 0) is 6.54 Å². The first-order valence-corrected chi connectivity index (χ1v) is 5.36. The van der Waals surface area contributed by atoms with Gasteiger partial charge in [-0.15, -0.1) is 0 Å². The quantitative estimate of drug-likeness (QED) is 0.813. The van der Waals surface area contributed by atoms with Crippen molar-refractivity contribution in [2.75, 3.05) is 7.05 Å². The molecule has 94 valence electrons. The van der Waals surface area contributed by atoms with Crippen LogP contribution in [-0.4, -0.2) is 28.1 Å². The molecule has 0 spiro atoms. The van der Waals surface area contributed by atoms with E-state index in [2.05, 4.69) is 0 Å². The molecule has 0 saturated carbocycles. The minimum absolute atomic E-state index is 0.0622. The Morgan fingerprint density at radius 3 is 2.78 bits per heavy atom. The van der Waals surface area contributed by atoms with Gasteiger partial charge in [0.15, 0.2) is 0 Å². The molecule has 1 heterocycles. The zero-order valence-electron chi connectivity index (χ0n) is 9.83. The number of phenolic OH excluding ortho intramolecular Hbond substituents is 2. The summed E-state index contributed by atoms with van der Waals surface area (Å²) < 4.78 is 4.92. The van der Waals surface area contributed by atoms with Gasteiger partial charge in [-0.05, 0) is 24.3 Å². The smallest absolute Gasteiger partial charge is 0.257 e. The van der Waals surface area contributed by atoms with Crippen molar-refractivity contribution in [3.05, 3.63) is 47.9 Å². The van der Waals surface area contributed by atoms with Crippen molar-refractivity contribution in [3.63, 3.8) is 0 Å². The van der Waals surface area contributed by atoms with Crippen LogP contribution in [0.25, 0.3) is 0 Å². The Kier molecular flexibility index (Phi) is 3.23. The molecule has 0 aliphatic carbocycles. The van der Waals surface area contributed by atoms with Crippen LogP contribution in [0.1, 0.15) is 15.9 Å². The van der Waals surface area contributed by atoms with E-state index >= 15 is 0 Å². The number of rotatable bonds is 3. The van der Waals surface area contributed by atoms with Crippen LogP contribution in [0, 0.1) is 0 Å². The van der Waals surface area contributed by atoms with Crippen molar-refractivity contribution >= 4 is 5.91 Å². The molecular formula is C13H13NO4. The molecule has 0 unspecified atom stereocenters. The van der Waals surface area contributed by atoms with E-state index in [-0.39, 0.29) is 23.0 Å². The molecular weight excluding hydrogens is 234 g/mol. The van der Waals surface area contributed by atoms with Gasteiger partial charge in [0, 0.05) is 19.2 Å². The van der Waals surface area contributed by atoms with Crippen LogP contribution >= 0.6 is 0 Å². The van der Waals surface area contributed by atoms with Crippen LogP contribution in [0.2, 0.25) is 0 Å². The van der Waals surface area contributed by atoms with E-state index in [0.717, 1.165) is 5.56 Å². The zero-order chi connectivity index (χ0) is 13.1. The first kappa shape index (κ1) is 12.0. The lowest BCUT2D eigenvalue weighted by Crippen LogP contribution is -2.26. The first-order valence-electron chi connectivity index (χ1n) is 5.36. The van der Waals surface area contributed by atoms with Gasteiger partial charge in [-0.2, -0.15) is 0 Å². The zero-order valence-corrected chi connectivity index (χ0v) is 9.83. The second-order valence-corrected chi connectivity index (χ2v) is 3.99. The van der Waals surface area contributed by atoms with Gasteiger partial charge >= 0.3 is 0 Å². The Bertz CT molecular complexity index is 548. The molecule has 2 aromatic rings. The third kappa shape index (κ3) is 2.45. The fourth-order valence-electron chi connectivity index (χ4n) is 1.63. The number of benzene rings is 1. The number of nitrogens with zero attached hydrogens (tertiary/aromatic N) is 1. The van der Waals surface area contributed by atoms with Gasteiger partial charge in [-0.25, -0.2) is 0 Å². The maximum absolute atomic E-state index is 12.1. The van der Waals surface area contributed by atoms with E-state index in [4.69, 9.17) is 4.42 Å². The summed E-state index contributed by atoms with van der Waals surface area (Å²) in [5.41, 5.74) is 0.923. The highest BCUT2D eigenvalue weighted by molar-refractivity contribution is 5.97. The number of phenols is 2. The number of furan rings is 1. The van der Waals surface area contributed by atoms with Crippen LogP contribution in [0.3, 0.4) is 0 Å². The van der Waals surface area contributed by atoms with Crippen molar-refractivity contribution in [1.29, 1.82) is 0 Å². The molecule has 1 amide bonds. The average Bonchev–Trinajstić information content (AvgIpc) is 2.84. The third-order valence-corrected chi connectivity index (χ3v) is 2.56. The normalized spacial score (nSPS) is 10.3. The molecule has 2 N–H and O–H groups in total. The van der Waals surface area contributed by atoms with Crippen LogP contribution in [0.4, 0.5) is 0 Å². The summed E-state index contributed by atoms with van der Waals surface area (Å²) in [5.74, 6) is -0.589. The minimum atomic E-state index is -0.371. The minimum Gasteiger partial charge on any atom is -0.508 e. The van der Waals surface area contributed by atoms with E-state index in [1.165, 1.54) is 29.4 Å². The van der Waals surface area contributed by atoms with Crippen molar-refractivity contribution in [2.24, 2.45) is 0 Å². The molecule has 2 rings (SSSR count). The van der Waals surface area contributed by atoms with E-state index in [1.54, 1.807) is 19.4 Å². The average molecular weight is 247 g/mol. The fourth-order valence-corrected chi connectivity index (χ4v) is 1.63. The maximum atomic E-state index is 12.1. The van der Waals surface area contributed by atoms with Gasteiger partial charge in [0.05, 0.1) is 18.1 Å². The number of aromatic hydroxyl groups is 2. The van der Waals surface area contributed by atoms with Gasteiger partial charge in [0.1, 0.15) is 11.5 Å². The molecule has 0 bridgehead atoms. The van der Waals surface area contributed by atoms with Crippen LogP contribution in [0.15, 0.2) is 41.2 Å². The summed E-state index contributed by atoms with van der Waals surface area (Å²) in [6.07, 6.45) is 3.07. The second kappa shape index (κ2) is 4.83. The van der Waals surface area contributed by atoms with E-state index < -0.39 is 0 Å². The molecule has 1 aromatic heterocycles. The predicted octanol–water partition coefficient (Wildman–Crippen LogP) is 1.96. The number of amides is 1. The SMILES string of the molecule is CN(Cc1ccoc1)C(=O)c1cc(O)ccc1O. The second-order valence-electron chi connectivity index (χ2n) is 3.99. The summed E-state index contributed by atoms with van der Waals surface area (Å²) >= 11 is 0. The van der Waals surface area contributed by atoms with Gasteiger partial charge < -0.3 is 19.5 Å². The van der Waals surface area contributed by atoms with Crippen LogP contribution in [0.5, 0.6) is 11.5 Å². The lowest BCUT2D eigenvalue weighted by molar-refractivity contribution is 0.0781. The summed E-state index contributed by atoms with van der Waals surface area (Å²) in [4.78, 5) is 13.5.